The normalized spacial score (nSPS) is 18.0. The van der Waals surface area contributed by atoms with Gasteiger partial charge in [-0.1, -0.05) is 17.7 Å². The van der Waals surface area contributed by atoms with Crippen LogP contribution in [0.4, 0.5) is 5.82 Å². The second kappa shape index (κ2) is 8.37. The third kappa shape index (κ3) is 3.82. The van der Waals surface area contributed by atoms with E-state index in [9.17, 15) is 4.21 Å². The highest BCUT2D eigenvalue weighted by Crippen LogP contribution is 2.29. The second-order valence-electron chi connectivity index (χ2n) is 7.75. The van der Waals surface area contributed by atoms with E-state index in [2.05, 4.69) is 20.5 Å². The molecular weight excluding hydrogens is 412 g/mol. The van der Waals surface area contributed by atoms with Crippen LogP contribution in [0.25, 0.3) is 21.9 Å². The van der Waals surface area contributed by atoms with Crippen molar-refractivity contribution in [3.63, 3.8) is 0 Å². The zero-order valence-electron chi connectivity index (χ0n) is 17.5. The van der Waals surface area contributed by atoms with Crippen molar-refractivity contribution in [2.75, 3.05) is 31.3 Å². The Hall–Kier alpha value is -2.81. The molecule has 1 saturated heterocycles. The maximum atomic E-state index is 12.6. The molecule has 1 fully saturated rings. The number of hydrogen-bond acceptors (Lipinski definition) is 6. The van der Waals surface area contributed by atoms with Crippen molar-refractivity contribution >= 4 is 38.8 Å². The number of benzene rings is 1. The van der Waals surface area contributed by atoms with Crippen molar-refractivity contribution in [2.24, 2.45) is 7.05 Å². The quantitative estimate of drug-likeness (QED) is 0.478. The number of morpholine rings is 1. The number of aryl methyl sites for hydroxylation is 2. The number of hydrogen-bond donors (Lipinski definition) is 0. The summed E-state index contributed by atoms with van der Waals surface area (Å²) in [6, 6.07) is 13.6. The fraction of sp³-hybridized carbons (Fsp3) is 0.304. The molecular formula is C23H24N4O3S. The van der Waals surface area contributed by atoms with Crippen LogP contribution in [0, 0.1) is 6.92 Å². The van der Waals surface area contributed by atoms with Gasteiger partial charge >= 0.3 is 0 Å². The SMILES string of the molecule is Cc1ccc(S(=O)OC[C@H]2COCCN2c2ccc3c4cnccc4n(C)c3n2)cc1. The van der Waals surface area contributed by atoms with Crippen LogP contribution in [0.3, 0.4) is 0 Å². The first-order chi connectivity index (χ1) is 15.1. The highest BCUT2D eigenvalue weighted by molar-refractivity contribution is 7.80. The van der Waals surface area contributed by atoms with Gasteiger partial charge in [-0.05, 0) is 37.3 Å². The molecule has 1 aliphatic rings. The number of fused-ring (bicyclic) bond motifs is 3. The average Bonchev–Trinajstić information content (AvgIpc) is 3.10. The standard InChI is InChI=1S/C23H24N4O3S/c1-16-3-5-18(6-4-16)31(28)30-15-17-14-29-12-11-27(17)22-8-7-19-20-13-24-10-9-21(20)26(2)23(19)25-22/h3-10,13,17H,11-12,14-15H2,1-2H3/t17-,31?/m1/s1. The van der Waals surface area contributed by atoms with Gasteiger partial charge in [-0.2, -0.15) is 0 Å². The number of rotatable bonds is 5. The maximum Gasteiger partial charge on any atom is 0.189 e. The lowest BCUT2D eigenvalue weighted by atomic mass is 10.2. The Bertz CT molecular complexity index is 1260. The Labute approximate surface area is 183 Å². The predicted octanol–water partition coefficient (Wildman–Crippen LogP) is 3.37. The van der Waals surface area contributed by atoms with Crippen molar-refractivity contribution in [3.05, 3.63) is 60.4 Å². The van der Waals surface area contributed by atoms with Gasteiger partial charge in [0.05, 0.1) is 36.3 Å². The Balaban J connectivity index is 1.39. The zero-order valence-corrected chi connectivity index (χ0v) is 18.3. The minimum Gasteiger partial charge on any atom is -0.377 e. The molecule has 0 spiro atoms. The van der Waals surface area contributed by atoms with Crippen LogP contribution in [0.2, 0.25) is 0 Å². The van der Waals surface area contributed by atoms with Crippen LogP contribution >= 0.6 is 0 Å². The van der Waals surface area contributed by atoms with E-state index in [1.54, 1.807) is 6.20 Å². The molecule has 2 atom stereocenters. The van der Waals surface area contributed by atoms with Crippen LogP contribution in [0.1, 0.15) is 5.56 Å². The van der Waals surface area contributed by atoms with Gasteiger partial charge in [0.2, 0.25) is 0 Å². The molecule has 1 aliphatic heterocycles. The molecule has 7 nitrogen and oxygen atoms in total. The average molecular weight is 437 g/mol. The molecule has 4 heterocycles. The molecule has 0 amide bonds. The zero-order chi connectivity index (χ0) is 21.4. The highest BCUT2D eigenvalue weighted by atomic mass is 32.2. The van der Waals surface area contributed by atoms with E-state index in [-0.39, 0.29) is 6.04 Å². The summed E-state index contributed by atoms with van der Waals surface area (Å²) < 4.78 is 26.1. The predicted molar refractivity (Wildman–Crippen MR) is 122 cm³/mol. The fourth-order valence-electron chi connectivity index (χ4n) is 4.02. The van der Waals surface area contributed by atoms with Gasteiger partial charge in [-0.15, -0.1) is 0 Å². The molecule has 0 N–H and O–H groups in total. The Morgan fingerprint density at radius 2 is 2.00 bits per heavy atom. The van der Waals surface area contributed by atoms with Crippen molar-refractivity contribution in [1.82, 2.24) is 14.5 Å². The molecule has 31 heavy (non-hydrogen) atoms. The monoisotopic (exact) mass is 436 g/mol. The molecule has 5 rings (SSSR count). The molecule has 1 aromatic carbocycles. The van der Waals surface area contributed by atoms with E-state index in [4.69, 9.17) is 13.9 Å². The topological polar surface area (TPSA) is 69.5 Å². The van der Waals surface area contributed by atoms with E-state index in [1.165, 1.54) is 0 Å². The fourth-order valence-corrected chi connectivity index (χ4v) is 4.79. The molecule has 0 aliphatic carbocycles. The van der Waals surface area contributed by atoms with Gasteiger partial charge in [-0.3, -0.25) is 9.17 Å². The van der Waals surface area contributed by atoms with Crippen LogP contribution in [-0.4, -0.2) is 51.2 Å². The molecule has 0 saturated carbocycles. The van der Waals surface area contributed by atoms with Crippen LogP contribution < -0.4 is 4.90 Å². The van der Waals surface area contributed by atoms with Crippen molar-refractivity contribution in [3.8, 4) is 0 Å². The highest BCUT2D eigenvalue weighted by Gasteiger charge is 2.26. The van der Waals surface area contributed by atoms with E-state index < -0.39 is 11.1 Å². The van der Waals surface area contributed by atoms with Crippen LogP contribution in [0.15, 0.2) is 59.8 Å². The van der Waals surface area contributed by atoms with Gasteiger partial charge in [-0.25, -0.2) is 9.19 Å². The van der Waals surface area contributed by atoms with Crippen molar-refractivity contribution < 1.29 is 13.1 Å². The summed E-state index contributed by atoms with van der Waals surface area (Å²) in [5.74, 6) is 0.865. The molecule has 0 radical (unpaired) electrons. The van der Waals surface area contributed by atoms with Crippen molar-refractivity contribution in [1.29, 1.82) is 0 Å². The largest absolute Gasteiger partial charge is 0.377 e. The lowest BCUT2D eigenvalue weighted by Crippen LogP contribution is -2.48. The van der Waals surface area contributed by atoms with E-state index in [1.807, 2.05) is 56.6 Å². The van der Waals surface area contributed by atoms with Gasteiger partial charge < -0.3 is 14.2 Å². The Kier molecular flexibility index (Phi) is 5.43. The Morgan fingerprint density at radius 1 is 1.16 bits per heavy atom. The van der Waals surface area contributed by atoms with E-state index in [0.29, 0.717) is 31.3 Å². The van der Waals surface area contributed by atoms with E-state index >= 15 is 0 Å². The third-order valence-electron chi connectivity index (χ3n) is 5.73. The summed E-state index contributed by atoms with van der Waals surface area (Å²) in [4.78, 5) is 12.1. The number of ether oxygens (including phenoxy) is 1. The maximum absolute atomic E-state index is 12.6. The summed E-state index contributed by atoms with van der Waals surface area (Å²) >= 11 is -1.51. The first kappa shape index (κ1) is 20.1. The first-order valence-corrected chi connectivity index (χ1v) is 11.3. The summed E-state index contributed by atoms with van der Waals surface area (Å²) in [6.45, 7) is 4.12. The number of anilines is 1. The number of aromatic nitrogens is 3. The minimum atomic E-state index is -1.51. The number of nitrogens with zero attached hydrogens (tertiary/aromatic N) is 4. The summed E-state index contributed by atoms with van der Waals surface area (Å²) in [7, 11) is 2.02. The molecule has 3 aromatic heterocycles. The van der Waals surface area contributed by atoms with Crippen LogP contribution in [-0.2, 0) is 27.0 Å². The summed E-state index contributed by atoms with van der Waals surface area (Å²) in [5.41, 5.74) is 3.14. The van der Waals surface area contributed by atoms with Crippen LogP contribution in [0.5, 0.6) is 0 Å². The second-order valence-corrected chi connectivity index (χ2v) is 8.92. The summed E-state index contributed by atoms with van der Waals surface area (Å²) in [6.07, 6.45) is 3.68. The minimum absolute atomic E-state index is 0.0653. The first-order valence-electron chi connectivity index (χ1n) is 10.3. The number of pyridine rings is 2. The smallest absolute Gasteiger partial charge is 0.189 e. The molecule has 1 unspecified atom stereocenters. The van der Waals surface area contributed by atoms with E-state index in [0.717, 1.165) is 33.3 Å². The third-order valence-corrected chi connectivity index (χ3v) is 6.74. The molecule has 8 heteroatoms. The van der Waals surface area contributed by atoms with Gasteiger partial charge in [0, 0.05) is 36.8 Å². The lowest BCUT2D eigenvalue weighted by molar-refractivity contribution is 0.0787. The molecule has 0 bridgehead atoms. The van der Waals surface area contributed by atoms with Gasteiger partial charge in [0.1, 0.15) is 11.5 Å². The molecule has 160 valence electrons. The Morgan fingerprint density at radius 3 is 2.84 bits per heavy atom. The lowest BCUT2D eigenvalue weighted by Gasteiger charge is -2.36. The molecule has 4 aromatic rings. The summed E-state index contributed by atoms with van der Waals surface area (Å²) in [5, 5.41) is 2.17. The van der Waals surface area contributed by atoms with Gasteiger partial charge in [0.25, 0.3) is 0 Å². The van der Waals surface area contributed by atoms with Crippen molar-refractivity contribution in [2.45, 2.75) is 17.9 Å². The van der Waals surface area contributed by atoms with Gasteiger partial charge in [0.15, 0.2) is 11.1 Å².